The lowest BCUT2D eigenvalue weighted by molar-refractivity contribution is -0.121. The van der Waals surface area contributed by atoms with Crippen LogP contribution in [0, 0.1) is 0 Å². The van der Waals surface area contributed by atoms with Crippen molar-refractivity contribution in [3.05, 3.63) is 66.0 Å². The summed E-state index contributed by atoms with van der Waals surface area (Å²) in [6, 6.07) is 17.4. The van der Waals surface area contributed by atoms with Gasteiger partial charge < -0.3 is 15.2 Å². The van der Waals surface area contributed by atoms with Crippen LogP contribution >= 0.6 is 0 Å². The second kappa shape index (κ2) is 8.25. The van der Waals surface area contributed by atoms with E-state index in [0.29, 0.717) is 24.6 Å². The molecular weight excluding hydrogens is 352 g/mol. The highest BCUT2D eigenvalue weighted by Crippen LogP contribution is 2.20. The molecule has 6 heteroatoms. The zero-order chi connectivity index (χ0) is 19.3. The van der Waals surface area contributed by atoms with Crippen LogP contribution in [0.15, 0.2) is 54.6 Å². The average molecular weight is 376 g/mol. The van der Waals surface area contributed by atoms with E-state index in [0.717, 1.165) is 36.1 Å². The van der Waals surface area contributed by atoms with Gasteiger partial charge in [0.1, 0.15) is 12.4 Å². The number of aryl methyl sites for hydroxylation is 1. The molecule has 2 aromatic carbocycles. The largest absolute Gasteiger partial charge is 0.352 e. The van der Waals surface area contributed by atoms with Gasteiger partial charge in [-0.05, 0) is 43.5 Å². The summed E-state index contributed by atoms with van der Waals surface area (Å²) in [5.74, 6) is 0.836. The van der Waals surface area contributed by atoms with E-state index in [1.807, 2.05) is 47.0 Å². The Hall–Kier alpha value is -3.15. The van der Waals surface area contributed by atoms with Crippen molar-refractivity contribution >= 4 is 22.8 Å². The number of rotatable bonds is 8. The van der Waals surface area contributed by atoms with E-state index in [1.54, 1.807) is 12.1 Å². The number of hydrogen-bond acceptors (Lipinski definition) is 3. The minimum absolute atomic E-state index is 0.0317. The summed E-state index contributed by atoms with van der Waals surface area (Å²) in [5, 5.41) is 5.98. The average Bonchev–Trinajstić information content (AvgIpc) is 3.47. The zero-order valence-corrected chi connectivity index (χ0v) is 15.7. The molecule has 2 amide bonds. The fourth-order valence-electron chi connectivity index (χ4n) is 3.28. The van der Waals surface area contributed by atoms with Crippen LogP contribution in [-0.4, -0.2) is 34.0 Å². The Kier molecular flexibility index (Phi) is 5.37. The molecule has 6 nitrogen and oxygen atoms in total. The van der Waals surface area contributed by atoms with Crippen LogP contribution in [0.3, 0.4) is 0 Å². The normalized spacial score (nSPS) is 13.4. The van der Waals surface area contributed by atoms with E-state index in [1.165, 1.54) is 0 Å². The molecule has 3 aromatic rings. The molecule has 1 heterocycles. The number of hydrogen-bond donors (Lipinski definition) is 2. The lowest BCUT2D eigenvalue weighted by Crippen LogP contribution is -2.30. The standard InChI is InChI=1S/C22H24N4O2/c27-21(24-17-12-13-17)15-26-19-10-5-4-9-18(19)25-20(26)11-6-14-23-22(28)16-7-2-1-3-8-16/h1-5,7-10,17H,6,11-15H2,(H,23,28)(H,24,27). The van der Waals surface area contributed by atoms with Crippen LogP contribution in [0.25, 0.3) is 11.0 Å². The number of imidazole rings is 1. The molecule has 0 radical (unpaired) electrons. The van der Waals surface area contributed by atoms with Crippen molar-refractivity contribution in [2.45, 2.75) is 38.3 Å². The predicted molar refractivity (Wildman–Crippen MR) is 108 cm³/mol. The number of aromatic nitrogens is 2. The fraction of sp³-hybridized carbons (Fsp3) is 0.318. The monoisotopic (exact) mass is 376 g/mol. The molecule has 0 aliphatic heterocycles. The van der Waals surface area contributed by atoms with E-state index < -0.39 is 0 Å². The van der Waals surface area contributed by atoms with Crippen LogP contribution in [0.4, 0.5) is 0 Å². The molecule has 1 fully saturated rings. The molecule has 0 bridgehead atoms. The van der Waals surface area contributed by atoms with Crippen molar-refractivity contribution in [2.75, 3.05) is 6.54 Å². The van der Waals surface area contributed by atoms with Crippen molar-refractivity contribution in [2.24, 2.45) is 0 Å². The maximum Gasteiger partial charge on any atom is 0.251 e. The number of nitrogens with zero attached hydrogens (tertiary/aromatic N) is 2. The third-order valence-electron chi connectivity index (χ3n) is 4.88. The summed E-state index contributed by atoms with van der Waals surface area (Å²) in [7, 11) is 0. The van der Waals surface area contributed by atoms with Crippen LogP contribution in [0.2, 0.25) is 0 Å². The Labute approximate surface area is 164 Å². The molecule has 0 unspecified atom stereocenters. The van der Waals surface area contributed by atoms with Gasteiger partial charge in [0.2, 0.25) is 5.91 Å². The molecule has 0 saturated heterocycles. The lowest BCUT2D eigenvalue weighted by atomic mass is 10.2. The highest BCUT2D eigenvalue weighted by atomic mass is 16.2. The van der Waals surface area contributed by atoms with Crippen LogP contribution in [0.1, 0.15) is 35.4 Å². The molecule has 144 valence electrons. The fourth-order valence-corrected chi connectivity index (χ4v) is 3.28. The van der Waals surface area contributed by atoms with Crippen molar-refractivity contribution in [3.8, 4) is 0 Å². The molecular formula is C22H24N4O2. The van der Waals surface area contributed by atoms with Gasteiger partial charge in [0.25, 0.3) is 5.91 Å². The van der Waals surface area contributed by atoms with Gasteiger partial charge in [-0.2, -0.15) is 0 Å². The highest BCUT2D eigenvalue weighted by Gasteiger charge is 2.24. The maximum atomic E-state index is 12.3. The Morgan fingerprint density at radius 2 is 1.79 bits per heavy atom. The minimum Gasteiger partial charge on any atom is -0.352 e. The van der Waals surface area contributed by atoms with Gasteiger partial charge >= 0.3 is 0 Å². The second-order valence-corrected chi connectivity index (χ2v) is 7.17. The summed E-state index contributed by atoms with van der Waals surface area (Å²) in [6.45, 7) is 0.841. The Morgan fingerprint density at radius 1 is 1.04 bits per heavy atom. The van der Waals surface area contributed by atoms with Crippen molar-refractivity contribution in [1.82, 2.24) is 20.2 Å². The van der Waals surface area contributed by atoms with Crippen molar-refractivity contribution in [3.63, 3.8) is 0 Å². The summed E-state index contributed by atoms with van der Waals surface area (Å²) < 4.78 is 1.99. The number of para-hydroxylation sites is 2. The SMILES string of the molecule is O=C(Cn1c(CCCNC(=O)c2ccccc2)nc2ccccc21)NC1CC1. The number of fused-ring (bicyclic) bond motifs is 1. The van der Waals surface area contributed by atoms with Crippen LogP contribution in [0.5, 0.6) is 0 Å². The molecule has 1 aliphatic carbocycles. The van der Waals surface area contributed by atoms with Gasteiger partial charge in [-0.25, -0.2) is 4.98 Å². The molecule has 0 spiro atoms. The maximum absolute atomic E-state index is 12.3. The van der Waals surface area contributed by atoms with E-state index in [4.69, 9.17) is 4.98 Å². The van der Waals surface area contributed by atoms with E-state index in [2.05, 4.69) is 10.6 Å². The minimum atomic E-state index is -0.0714. The Bertz CT molecular complexity index is 977. The topological polar surface area (TPSA) is 76.0 Å². The first-order valence-electron chi connectivity index (χ1n) is 9.77. The first-order chi connectivity index (χ1) is 13.7. The molecule has 28 heavy (non-hydrogen) atoms. The van der Waals surface area contributed by atoms with Crippen molar-refractivity contribution in [1.29, 1.82) is 0 Å². The van der Waals surface area contributed by atoms with Gasteiger partial charge in [-0.3, -0.25) is 9.59 Å². The second-order valence-electron chi connectivity index (χ2n) is 7.17. The summed E-state index contributed by atoms with van der Waals surface area (Å²) >= 11 is 0. The Balaban J connectivity index is 1.39. The molecule has 2 N–H and O–H groups in total. The van der Waals surface area contributed by atoms with Gasteiger partial charge in [-0.1, -0.05) is 30.3 Å². The number of benzene rings is 2. The Morgan fingerprint density at radius 3 is 2.57 bits per heavy atom. The van der Waals surface area contributed by atoms with Crippen LogP contribution in [-0.2, 0) is 17.8 Å². The first kappa shape index (κ1) is 18.2. The van der Waals surface area contributed by atoms with Gasteiger partial charge in [-0.15, -0.1) is 0 Å². The summed E-state index contributed by atoms with van der Waals surface area (Å²) in [4.78, 5) is 29.2. The number of carbonyl (C=O) groups is 2. The quantitative estimate of drug-likeness (QED) is 0.594. The smallest absolute Gasteiger partial charge is 0.251 e. The molecule has 4 rings (SSSR count). The predicted octanol–water partition coefficient (Wildman–Crippen LogP) is 2.68. The number of amides is 2. The molecule has 1 aliphatic rings. The summed E-state index contributed by atoms with van der Waals surface area (Å²) in [6.07, 6.45) is 3.60. The lowest BCUT2D eigenvalue weighted by Gasteiger charge is -2.10. The van der Waals surface area contributed by atoms with Gasteiger partial charge in [0, 0.05) is 24.6 Å². The van der Waals surface area contributed by atoms with Gasteiger partial charge in [0.05, 0.1) is 11.0 Å². The highest BCUT2D eigenvalue weighted by molar-refractivity contribution is 5.94. The number of carbonyl (C=O) groups excluding carboxylic acids is 2. The van der Waals surface area contributed by atoms with Gasteiger partial charge in [0.15, 0.2) is 0 Å². The van der Waals surface area contributed by atoms with E-state index >= 15 is 0 Å². The summed E-state index contributed by atoms with van der Waals surface area (Å²) in [5.41, 5.74) is 2.52. The number of nitrogens with one attached hydrogen (secondary N) is 2. The van der Waals surface area contributed by atoms with Crippen LogP contribution < -0.4 is 10.6 Å². The van der Waals surface area contributed by atoms with Crippen molar-refractivity contribution < 1.29 is 9.59 Å². The third kappa shape index (κ3) is 4.39. The molecule has 0 atom stereocenters. The molecule has 1 aromatic heterocycles. The van der Waals surface area contributed by atoms with E-state index in [9.17, 15) is 9.59 Å². The van der Waals surface area contributed by atoms with E-state index in [-0.39, 0.29) is 18.4 Å². The molecule has 1 saturated carbocycles. The zero-order valence-electron chi connectivity index (χ0n) is 15.7. The first-order valence-corrected chi connectivity index (χ1v) is 9.77. The third-order valence-corrected chi connectivity index (χ3v) is 4.88.